The summed E-state index contributed by atoms with van der Waals surface area (Å²) in [5, 5.41) is 7.06. The number of nitrogens with one attached hydrogen (secondary N) is 2. The van der Waals surface area contributed by atoms with Gasteiger partial charge in [-0.3, -0.25) is 4.99 Å². The number of aryl methyl sites for hydroxylation is 1. The van der Waals surface area contributed by atoms with Gasteiger partial charge in [-0.1, -0.05) is 29.8 Å². The van der Waals surface area contributed by atoms with Gasteiger partial charge in [0, 0.05) is 44.7 Å². The molecule has 176 valence electrons. The molecule has 0 spiro atoms. The zero-order valence-electron chi connectivity index (χ0n) is 19.9. The van der Waals surface area contributed by atoms with Gasteiger partial charge in [-0.2, -0.15) is 0 Å². The number of rotatable bonds is 7. The van der Waals surface area contributed by atoms with Crippen LogP contribution in [0.4, 0.5) is 0 Å². The quantitative estimate of drug-likeness (QED) is 0.297. The molecule has 3 rings (SSSR count). The van der Waals surface area contributed by atoms with Gasteiger partial charge in [0.1, 0.15) is 0 Å². The second-order valence-corrected chi connectivity index (χ2v) is 9.30. The average molecular weight is 543 g/mol. The Morgan fingerprint density at radius 3 is 2.65 bits per heavy atom. The molecule has 0 saturated carbocycles. The Balaban J connectivity index is 0.00000341. The number of likely N-dealkylation sites (tertiary alicyclic amines) is 1. The van der Waals surface area contributed by atoms with E-state index in [4.69, 9.17) is 9.73 Å². The van der Waals surface area contributed by atoms with Crippen LogP contribution >= 0.6 is 24.0 Å². The van der Waals surface area contributed by atoms with Crippen LogP contribution in [-0.2, 0) is 4.74 Å². The summed E-state index contributed by atoms with van der Waals surface area (Å²) in [7, 11) is 0. The summed E-state index contributed by atoms with van der Waals surface area (Å²) >= 11 is 0. The van der Waals surface area contributed by atoms with E-state index in [9.17, 15) is 0 Å². The minimum atomic E-state index is 0. The molecular formula is C25H43IN4O. The SMILES string of the molecule is CCNC(=NCC1CCCN(C(C)C)C1)NCC1CCCOC1c1ccc(C)cc1.I. The van der Waals surface area contributed by atoms with Gasteiger partial charge >= 0.3 is 0 Å². The van der Waals surface area contributed by atoms with E-state index in [1.165, 1.54) is 43.5 Å². The molecule has 0 bridgehead atoms. The minimum Gasteiger partial charge on any atom is -0.373 e. The monoisotopic (exact) mass is 542 g/mol. The average Bonchev–Trinajstić information content (AvgIpc) is 2.76. The van der Waals surface area contributed by atoms with Gasteiger partial charge in [0.05, 0.1) is 6.10 Å². The highest BCUT2D eigenvalue weighted by Gasteiger charge is 2.27. The van der Waals surface area contributed by atoms with E-state index in [0.29, 0.717) is 17.9 Å². The van der Waals surface area contributed by atoms with Crippen molar-refractivity contribution in [2.24, 2.45) is 16.8 Å². The molecule has 0 amide bonds. The van der Waals surface area contributed by atoms with E-state index in [2.05, 4.69) is 67.5 Å². The summed E-state index contributed by atoms with van der Waals surface area (Å²) in [6.07, 6.45) is 5.08. The van der Waals surface area contributed by atoms with E-state index in [1.807, 2.05) is 0 Å². The maximum atomic E-state index is 6.19. The number of benzene rings is 1. The molecule has 6 heteroatoms. The molecule has 2 aliphatic heterocycles. The molecule has 2 saturated heterocycles. The van der Waals surface area contributed by atoms with E-state index in [0.717, 1.165) is 38.6 Å². The molecule has 31 heavy (non-hydrogen) atoms. The van der Waals surface area contributed by atoms with Gasteiger partial charge in [-0.05, 0) is 71.4 Å². The molecule has 3 unspecified atom stereocenters. The first kappa shape index (κ1) is 26.4. The predicted octanol–water partition coefficient (Wildman–Crippen LogP) is 4.76. The number of hydrogen-bond donors (Lipinski definition) is 2. The summed E-state index contributed by atoms with van der Waals surface area (Å²) in [6, 6.07) is 9.46. The third-order valence-electron chi connectivity index (χ3n) is 6.51. The third kappa shape index (κ3) is 8.21. The lowest BCUT2D eigenvalue weighted by Gasteiger charge is -2.35. The minimum absolute atomic E-state index is 0. The molecule has 2 N–H and O–H groups in total. The standard InChI is InChI=1S/C25H42N4O.HI/c1-5-26-25(27-16-21-8-6-14-29(18-21)19(2)3)28-17-23-9-7-15-30-24(23)22-12-10-20(4)11-13-22;/h10-13,19,21,23-24H,5-9,14-18H2,1-4H3,(H2,26,27,28);1H. The van der Waals surface area contributed by atoms with Crippen LogP contribution in [0.1, 0.15) is 63.7 Å². The summed E-state index contributed by atoms with van der Waals surface area (Å²) in [6.45, 7) is 14.8. The largest absolute Gasteiger partial charge is 0.373 e. The van der Waals surface area contributed by atoms with Crippen LogP contribution in [0.15, 0.2) is 29.3 Å². The molecule has 1 aromatic rings. The lowest BCUT2D eigenvalue weighted by atomic mass is 9.89. The van der Waals surface area contributed by atoms with Crippen LogP contribution < -0.4 is 10.6 Å². The van der Waals surface area contributed by atoms with Gasteiger partial charge in [-0.25, -0.2) is 0 Å². The highest BCUT2D eigenvalue weighted by atomic mass is 127. The highest BCUT2D eigenvalue weighted by Crippen LogP contribution is 2.33. The van der Waals surface area contributed by atoms with Crippen LogP contribution in [-0.4, -0.2) is 56.2 Å². The number of ether oxygens (including phenoxy) is 1. The third-order valence-corrected chi connectivity index (χ3v) is 6.51. The Morgan fingerprint density at radius 1 is 1.16 bits per heavy atom. The second kappa shape index (κ2) is 13.6. The Bertz CT molecular complexity index is 664. The molecule has 0 aliphatic carbocycles. The first-order valence-corrected chi connectivity index (χ1v) is 12.0. The zero-order chi connectivity index (χ0) is 21.3. The summed E-state index contributed by atoms with van der Waals surface area (Å²) < 4.78 is 6.19. The van der Waals surface area contributed by atoms with Gasteiger partial charge in [0.25, 0.3) is 0 Å². The maximum absolute atomic E-state index is 6.19. The predicted molar refractivity (Wildman–Crippen MR) is 141 cm³/mol. The fourth-order valence-electron chi connectivity index (χ4n) is 4.68. The number of piperidine rings is 1. The van der Waals surface area contributed by atoms with Crippen LogP contribution in [0, 0.1) is 18.8 Å². The van der Waals surface area contributed by atoms with Crippen molar-refractivity contribution in [3.63, 3.8) is 0 Å². The van der Waals surface area contributed by atoms with Crippen LogP contribution in [0.5, 0.6) is 0 Å². The fourth-order valence-corrected chi connectivity index (χ4v) is 4.68. The van der Waals surface area contributed by atoms with Crippen LogP contribution in [0.3, 0.4) is 0 Å². The zero-order valence-corrected chi connectivity index (χ0v) is 22.2. The first-order chi connectivity index (χ1) is 14.6. The molecule has 0 aromatic heterocycles. The molecule has 3 atom stereocenters. The first-order valence-electron chi connectivity index (χ1n) is 12.0. The number of guanidine groups is 1. The van der Waals surface area contributed by atoms with Crippen LogP contribution in [0.25, 0.3) is 0 Å². The highest BCUT2D eigenvalue weighted by molar-refractivity contribution is 14.0. The Kier molecular flexibility index (Phi) is 11.6. The Hall–Kier alpha value is -0.860. The molecule has 2 fully saturated rings. The summed E-state index contributed by atoms with van der Waals surface area (Å²) in [5.41, 5.74) is 2.59. The number of nitrogens with zero attached hydrogens (tertiary/aromatic N) is 2. The molecule has 5 nitrogen and oxygen atoms in total. The molecular weight excluding hydrogens is 499 g/mol. The van der Waals surface area contributed by atoms with Crippen molar-refractivity contribution in [3.8, 4) is 0 Å². The molecule has 1 aromatic carbocycles. The molecule has 2 aliphatic rings. The lowest BCUT2D eigenvalue weighted by molar-refractivity contribution is -0.0265. The van der Waals surface area contributed by atoms with Crippen molar-refractivity contribution in [3.05, 3.63) is 35.4 Å². The second-order valence-electron chi connectivity index (χ2n) is 9.30. The molecule has 0 radical (unpaired) electrons. The summed E-state index contributed by atoms with van der Waals surface area (Å²) in [4.78, 5) is 7.54. The van der Waals surface area contributed by atoms with Crippen molar-refractivity contribution in [2.45, 2.75) is 65.5 Å². The van der Waals surface area contributed by atoms with E-state index >= 15 is 0 Å². The van der Waals surface area contributed by atoms with Crippen molar-refractivity contribution in [2.75, 3.05) is 39.3 Å². The van der Waals surface area contributed by atoms with Gasteiger partial charge in [0.2, 0.25) is 0 Å². The Labute approximate surface area is 206 Å². The Morgan fingerprint density at radius 2 is 1.94 bits per heavy atom. The van der Waals surface area contributed by atoms with Gasteiger partial charge in [-0.15, -0.1) is 24.0 Å². The van der Waals surface area contributed by atoms with Gasteiger partial charge in [0.15, 0.2) is 5.96 Å². The maximum Gasteiger partial charge on any atom is 0.191 e. The molecule has 2 heterocycles. The van der Waals surface area contributed by atoms with Gasteiger partial charge < -0.3 is 20.3 Å². The normalized spacial score (nSPS) is 25.2. The van der Waals surface area contributed by atoms with Crippen molar-refractivity contribution in [1.82, 2.24) is 15.5 Å². The number of aliphatic imine (C=N–C) groups is 1. The van der Waals surface area contributed by atoms with E-state index in [1.54, 1.807) is 0 Å². The van der Waals surface area contributed by atoms with Crippen molar-refractivity contribution >= 4 is 29.9 Å². The van der Waals surface area contributed by atoms with Crippen molar-refractivity contribution < 1.29 is 4.74 Å². The van der Waals surface area contributed by atoms with Crippen molar-refractivity contribution in [1.29, 1.82) is 0 Å². The lowest BCUT2D eigenvalue weighted by Crippen LogP contribution is -2.43. The fraction of sp³-hybridized carbons (Fsp3) is 0.720. The number of hydrogen-bond acceptors (Lipinski definition) is 3. The topological polar surface area (TPSA) is 48.9 Å². The van der Waals surface area contributed by atoms with Crippen LogP contribution in [0.2, 0.25) is 0 Å². The summed E-state index contributed by atoms with van der Waals surface area (Å²) in [5.74, 6) is 2.08. The van der Waals surface area contributed by atoms with E-state index < -0.39 is 0 Å². The van der Waals surface area contributed by atoms with E-state index in [-0.39, 0.29) is 30.1 Å². The number of halogens is 1. The smallest absolute Gasteiger partial charge is 0.191 e.